The largest absolute Gasteiger partial charge is 0.391 e. The number of thiazole rings is 1. The standard InChI is InChI=1S/C34H34FN9O2S/c1-3-27-32(40(2)33-39-31(28(18-36)47-33)22-4-8-25(35)9-5-22)44-20-24(7-11-30(44)38-27)23-6-10-29(37-19-23)41-14-16-42(17-15-41)34(46)43-13-12-26(45)21-43/h4-11,19-20,26,45H,3,12-17,21H2,1-2H3/t26-/m1/s1. The first-order chi connectivity index (χ1) is 22.8. The lowest BCUT2D eigenvalue weighted by atomic mass is 10.1. The van der Waals surface area contributed by atoms with Crippen molar-refractivity contribution in [2.75, 3.05) is 56.1 Å². The Morgan fingerprint density at radius 1 is 1.02 bits per heavy atom. The normalized spacial score (nSPS) is 16.6. The molecule has 6 heterocycles. The molecule has 2 amide bonds. The Balaban J connectivity index is 1.11. The molecule has 47 heavy (non-hydrogen) atoms. The summed E-state index contributed by atoms with van der Waals surface area (Å²) in [5, 5.41) is 20.3. The number of carbonyl (C=O) groups excluding carboxylic acids is 1. The molecule has 2 aliphatic rings. The zero-order valence-corrected chi connectivity index (χ0v) is 27.0. The molecule has 2 fully saturated rings. The topological polar surface area (TPSA) is 117 Å². The van der Waals surface area contributed by atoms with Crippen LogP contribution in [0.2, 0.25) is 0 Å². The van der Waals surface area contributed by atoms with Gasteiger partial charge in [0.25, 0.3) is 0 Å². The summed E-state index contributed by atoms with van der Waals surface area (Å²) in [6.07, 6.45) is 4.84. The quantitative estimate of drug-likeness (QED) is 0.267. The molecule has 240 valence electrons. The van der Waals surface area contributed by atoms with E-state index in [1.54, 1.807) is 17.0 Å². The number of aliphatic hydroxyl groups is 1. The van der Waals surface area contributed by atoms with Gasteiger partial charge < -0.3 is 24.7 Å². The van der Waals surface area contributed by atoms with E-state index >= 15 is 0 Å². The smallest absolute Gasteiger partial charge is 0.320 e. The molecule has 0 saturated carbocycles. The molecule has 5 aromatic rings. The number of aryl methyl sites for hydroxylation is 1. The van der Waals surface area contributed by atoms with Gasteiger partial charge in [-0.1, -0.05) is 18.3 Å². The molecule has 1 atom stereocenters. The maximum absolute atomic E-state index is 13.6. The van der Waals surface area contributed by atoms with Crippen LogP contribution in [0.5, 0.6) is 0 Å². The molecule has 1 N–H and O–H groups in total. The van der Waals surface area contributed by atoms with Crippen LogP contribution in [0.1, 0.15) is 23.9 Å². The highest BCUT2D eigenvalue weighted by molar-refractivity contribution is 7.16. The predicted octanol–water partition coefficient (Wildman–Crippen LogP) is 5.17. The van der Waals surface area contributed by atoms with Gasteiger partial charge in [0.15, 0.2) is 5.13 Å². The SMILES string of the molecule is CCc1nc2ccc(-c3ccc(N4CCN(C(=O)N5CC[C@@H](O)C5)CC4)nc3)cn2c1N(C)c1nc(-c2ccc(F)cc2)c(C#N)s1. The van der Waals surface area contributed by atoms with E-state index in [2.05, 4.69) is 24.0 Å². The Labute approximate surface area is 275 Å². The van der Waals surface area contributed by atoms with Crippen LogP contribution in [0.15, 0.2) is 60.9 Å². The number of nitriles is 1. The number of β-amino-alcohol motifs (C(OH)–C–C–N with tert-alkyl or cyclic N) is 1. The summed E-state index contributed by atoms with van der Waals surface area (Å²) < 4.78 is 15.6. The van der Waals surface area contributed by atoms with E-state index in [4.69, 9.17) is 15.0 Å². The number of nitrogens with zero attached hydrogens (tertiary/aromatic N) is 9. The number of rotatable bonds is 6. The average Bonchev–Trinajstić information content (AvgIpc) is 3.84. The minimum Gasteiger partial charge on any atom is -0.391 e. The number of aromatic nitrogens is 4. The van der Waals surface area contributed by atoms with Crippen molar-refractivity contribution in [3.8, 4) is 28.5 Å². The number of hydrogen-bond acceptors (Lipinski definition) is 9. The van der Waals surface area contributed by atoms with Crippen LogP contribution < -0.4 is 9.80 Å². The zero-order valence-electron chi connectivity index (χ0n) is 26.2. The molecule has 2 aliphatic heterocycles. The second-order valence-electron chi connectivity index (χ2n) is 11.8. The molecule has 0 spiro atoms. The Bertz CT molecular complexity index is 1960. The summed E-state index contributed by atoms with van der Waals surface area (Å²) >= 11 is 1.29. The molecule has 4 aromatic heterocycles. The number of pyridine rings is 2. The number of likely N-dealkylation sites (tertiary alicyclic amines) is 1. The fourth-order valence-corrected chi connectivity index (χ4v) is 7.10. The van der Waals surface area contributed by atoms with Crippen molar-refractivity contribution in [1.82, 2.24) is 29.2 Å². The van der Waals surface area contributed by atoms with Crippen molar-refractivity contribution in [2.45, 2.75) is 25.9 Å². The molecule has 0 bridgehead atoms. The van der Waals surface area contributed by atoms with E-state index in [1.165, 1.54) is 23.5 Å². The molecular weight excluding hydrogens is 618 g/mol. The number of fused-ring (bicyclic) bond motifs is 1. The van der Waals surface area contributed by atoms with Crippen molar-refractivity contribution >= 4 is 39.8 Å². The number of urea groups is 1. The van der Waals surface area contributed by atoms with Gasteiger partial charge in [0, 0.05) is 75.4 Å². The van der Waals surface area contributed by atoms with Crippen LogP contribution in [-0.4, -0.2) is 92.7 Å². The number of anilines is 3. The maximum Gasteiger partial charge on any atom is 0.320 e. The van der Waals surface area contributed by atoms with Crippen LogP contribution in [-0.2, 0) is 6.42 Å². The van der Waals surface area contributed by atoms with Crippen LogP contribution >= 0.6 is 11.3 Å². The molecule has 0 unspecified atom stereocenters. The Kier molecular flexibility index (Phi) is 8.21. The third kappa shape index (κ3) is 5.86. The van der Waals surface area contributed by atoms with Crippen molar-refractivity contribution in [1.29, 1.82) is 5.26 Å². The lowest BCUT2D eigenvalue weighted by Crippen LogP contribution is -2.52. The number of benzene rings is 1. The summed E-state index contributed by atoms with van der Waals surface area (Å²) in [5.74, 6) is 1.38. The lowest BCUT2D eigenvalue weighted by Gasteiger charge is -2.37. The van der Waals surface area contributed by atoms with Crippen molar-refractivity contribution < 1.29 is 14.3 Å². The van der Waals surface area contributed by atoms with Gasteiger partial charge in [-0.15, -0.1) is 0 Å². The molecule has 0 aliphatic carbocycles. The second kappa shape index (κ2) is 12.6. The van der Waals surface area contributed by atoms with E-state index in [1.807, 2.05) is 51.8 Å². The van der Waals surface area contributed by atoms with E-state index in [-0.39, 0.29) is 11.8 Å². The number of aliphatic hydroxyl groups excluding tert-OH is 1. The molecular formula is C34H34FN9O2S. The van der Waals surface area contributed by atoms with Gasteiger partial charge in [0.2, 0.25) is 0 Å². The fourth-order valence-electron chi connectivity index (χ4n) is 6.25. The van der Waals surface area contributed by atoms with Crippen LogP contribution in [0.4, 0.5) is 26.0 Å². The highest BCUT2D eigenvalue weighted by Crippen LogP contribution is 2.37. The molecule has 11 nitrogen and oxygen atoms in total. The van der Waals surface area contributed by atoms with Crippen molar-refractivity contribution in [2.24, 2.45) is 0 Å². The number of carbonyl (C=O) groups is 1. The minimum absolute atomic E-state index is 0.00401. The summed E-state index contributed by atoms with van der Waals surface area (Å²) in [5.41, 5.74) is 4.83. The molecule has 0 radical (unpaired) electrons. The van der Waals surface area contributed by atoms with E-state index in [9.17, 15) is 19.6 Å². The highest BCUT2D eigenvalue weighted by Gasteiger charge is 2.30. The lowest BCUT2D eigenvalue weighted by molar-refractivity contribution is 0.144. The second-order valence-corrected chi connectivity index (χ2v) is 12.8. The number of hydrogen-bond donors (Lipinski definition) is 1. The first-order valence-corrected chi connectivity index (χ1v) is 16.5. The average molecular weight is 652 g/mol. The van der Waals surface area contributed by atoms with Gasteiger partial charge in [0.1, 0.15) is 39.7 Å². The van der Waals surface area contributed by atoms with Crippen LogP contribution in [0.25, 0.3) is 28.0 Å². The van der Waals surface area contributed by atoms with Gasteiger partial charge in [-0.2, -0.15) is 5.26 Å². The summed E-state index contributed by atoms with van der Waals surface area (Å²) in [6, 6.07) is 16.4. The number of amides is 2. The fraction of sp³-hybridized carbons (Fsp3) is 0.324. The summed E-state index contributed by atoms with van der Waals surface area (Å²) in [7, 11) is 1.92. The monoisotopic (exact) mass is 651 g/mol. The summed E-state index contributed by atoms with van der Waals surface area (Å²) in [4.78, 5) is 35.5. The Morgan fingerprint density at radius 2 is 1.77 bits per heavy atom. The van der Waals surface area contributed by atoms with Gasteiger partial charge >= 0.3 is 6.03 Å². The van der Waals surface area contributed by atoms with Crippen LogP contribution in [0, 0.1) is 17.1 Å². The highest BCUT2D eigenvalue weighted by atomic mass is 32.1. The van der Waals surface area contributed by atoms with Gasteiger partial charge in [-0.3, -0.25) is 4.40 Å². The minimum atomic E-state index is -0.420. The van der Waals surface area contributed by atoms with Gasteiger partial charge in [-0.05, 0) is 61.4 Å². The number of piperazine rings is 1. The number of halogens is 1. The Hall–Kier alpha value is -5.06. The first kappa shape index (κ1) is 30.6. The maximum atomic E-state index is 13.6. The summed E-state index contributed by atoms with van der Waals surface area (Å²) in [6.45, 7) is 5.69. The third-order valence-corrected chi connectivity index (χ3v) is 9.86. The molecule has 7 rings (SSSR count). The van der Waals surface area contributed by atoms with Crippen LogP contribution in [0.3, 0.4) is 0 Å². The van der Waals surface area contributed by atoms with E-state index in [0.717, 1.165) is 34.1 Å². The molecule has 1 aromatic carbocycles. The molecule has 13 heteroatoms. The van der Waals surface area contributed by atoms with E-state index < -0.39 is 6.10 Å². The molecule has 2 saturated heterocycles. The van der Waals surface area contributed by atoms with Crippen molar-refractivity contribution in [3.05, 3.63) is 77.3 Å². The number of imidazole rings is 1. The van der Waals surface area contributed by atoms with Gasteiger partial charge in [0.05, 0.1) is 11.8 Å². The zero-order chi connectivity index (χ0) is 32.7. The van der Waals surface area contributed by atoms with E-state index in [0.29, 0.717) is 73.4 Å². The Morgan fingerprint density at radius 3 is 2.43 bits per heavy atom. The first-order valence-electron chi connectivity index (χ1n) is 15.7. The third-order valence-electron chi connectivity index (χ3n) is 8.83. The predicted molar refractivity (Wildman–Crippen MR) is 179 cm³/mol. The van der Waals surface area contributed by atoms with Crippen molar-refractivity contribution in [3.63, 3.8) is 0 Å². The van der Waals surface area contributed by atoms with Gasteiger partial charge in [-0.25, -0.2) is 24.1 Å².